The molecule has 0 atom stereocenters. The molecule has 0 aliphatic carbocycles. The highest BCUT2D eigenvalue weighted by Crippen LogP contribution is 2.05. The summed E-state index contributed by atoms with van der Waals surface area (Å²) in [4.78, 5) is 33.7. The molecule has 0 rings (SSSR count). The van der Waals surface area contributed by atoms with E-state index in [4.69, 9.17) is 23.7 Å². The van der Waals surface area contributed by atoms with Gasteiger partial charge < -0.3 is 39.1 Å². The zero-order valence-corrected chi connectivity index (χ0v) is 17.7. The van der Waals surface area contributed by atoms with Gasteiger partial charge in [-0.25, -0.2) is 9.59 Å². The van der Waals surface area contributed by atoms with Crippen LogP contribution >= 0.6 is 0 Å². The molecule has 0 aromatic rings. The Kier molecular flexibility index (Phi) is 15.8. The van der Waals surface area contributed by atoms with Crippen LogP contribution in [0.5, 0.6) is 0 Å². The molecule has 0 bridgehead atoms. The van der Waals surface area contributed by atoms with Crippen molar-refractivity contribution in [3.8, 4) is 0 Å². The molecule has 2 amide bonds. The maximum atomic E-state index is 11.5. The molecular weight excluding hydrogens is 388 g/mol. The minimum atomic E-state index is -0.536. The molecule has 0 saturated heterocycles. The summed E-state index contributed by atoms with van der Waals surface area (Å²) in [5, 5.41) is 5.21. The molecule has 0 heterocycles. The summed E-state index contributed by atoms with van der Waals surface area (Å²) in [6.45, 7) is 7.59. The van der Waals surface area contributed by atoms with E-state index in [1.165, 1.54) is 7.11 Å². The van der Waals surface area contributed by atoms with Crippen LogP contribution in [0, 0.1) is 0 Å². The first-order valence-corrected chi connectivity index (χ1v) is 9.36. The minimum Gasteiger partial charge on any atom is -0.467 e. The number of ether oxygens (including phenoxy) is 6. The third-order valence-electron chi connectivity index (χ3n) is 2.91. The molecule has 0 saturated carbocycles. The number of hydrogen-bond acceptors (Lipinski definition) is 9. The van der Waals surface area contributed by atoms with E-state index >= 15 is 0 Å². The first-order chi connectivity index (χ1) is 13.7. The second-order valence-electron chi connectivity index (χ2n) is 6.68. The Balaban J connectivity index is 3.34. The molecule has 11 nitrogen and oxygen atoms in total. The van der Waals surface area contributed by atoms with E-state index < -0.39 is 17.7 Å². The minimum absolute atomic E-state index is 0.0816. The lowest BCUT2D eigenvalue weighted by Gasteiger charge is -2.19. The second-order valence-corrected chi connectivity index (χ2v) is 6.68. The molecule has 0 aromatic heterocycles. The van der Waals surface area contributed by atoms with Crippen LogP contribution < -0.4 is 10.6 Å². The van der Waals surface area contributed by atoms with Gasteiger partial charge in [0, 0.05) is 13.1 Å². The molecule has 0 spiro atoms. The van der Waals surface area contributed by atoms with Gasteiger partial charge in [0.1, 0.15) is 18.8 Å². The van der Waals surface area contributed by atoms with Crippen molar-refractivity contribution in [1.29, 1.82) is 0 Å². The molecule has 0 aromatic carbocycles. The molecule has 0 fully saturated rings. The third kappa shape index (κ3) is 20.6. The van der Waals surface area contributed by atoms with Gasteiger partial charge in [0.15, 0.2) is 0 Å². The zero-order valence-electron chi connectivity index (χ0n) is 17.7. The Morgan fingerprint density at radius 3 is 1.79 bits per heavy atom. The van der Waals surface area contributed by atoms with Gasteiger partial charge in [-0.05, 0) is 20.8 Å². The molecule has 11 heteroatoms. The van der Waals surface area contributed by atoms with Crippen LogP contribution in [0.2, 0.25) is 0 Å². The Labute approximate surface area is 171 Å². The first-order valence-electron chi connectivity index (χ1n) is 9.36. The fourth-order valence-electron chi connectivity index (χ4n) is 1.67. The van der Waals surface area contributed by atoms with E-state index in [2.05, 4.69) is 15.4 Å². The van der Waals surface area contributed by atoms with E-state index in [1.54, 1.807) is 20.8 Å². The van der Waals surface area contributed by atoms with Crippen molar-refractivity contribution in [3.63, 3.8) is 0 Å². The van der Waals surface area contributed by atoms with Crippen molar-refractivity contribution in [2.24, 2.45) is 0 Å². The van der Waals surface area contributed by atoms with Gasteiger partial charge >= 0.3 is 12.1 Å². The van der Waals surface area contributed by atoms with Crippen LogP contribution in [0.1, 0.15) is 20.8 Å². The van der Waals surface area contributed by atoms with Crippen molar-refractivity contribution in [2.75, 3.05) is 73.1 Å². The highest BCUT2D eigenvalue weighted by atomic mass is 16.6. The van der Waals surface area contributed by atoms with Crippen LogP contribution in [-0.4, -0.2) is 96.6 Å². The quantitative estimate of drug-likeness (QED) is 0.258. The lowest BCUT2D eigenvalue weighted by atomic mass is 10.2. The van der Waals surface area contributed by atoms with Gasteiger partial charge in [-0.3, -0.25) is 4.79 Å². The summed E-state index contributed by atoms with van der Waals surface area (Å²) in [5.41, 5.74) is -0.536. The smallest absolute Gasteiger partial charge is 0.407 e. The predicted molar refractivity (Wildman–Crippen MR) is 103 cm³/mol. The normalized spacial score (nSPS) is 11.0. The van der Waals surface area contributed by atoms with Crippen LogP contribution in [-0.2, 0) is 38.0 Å². The van der Waals surface area contributed by atoms with Crippen LogP contribution in [0.3, 0.4) is 0 Å². The van der Waals surface area contributed by atoms with Crippen molar-refractivity contribution in [1.82, 2.24) is 10.6 Å². The van der Waals surface area contributed by atoms with Crippen LogP contribution in [0.4, 0.5) is 4.79 Å². The van der Waals surface area contributed by atoms with E-state index in [0.29, 0.717) is 39.5 Å². The van der Waals surface area contributed by atoms with E-state index in [-0.39, 0.29) is 32.3 Å². The molecule has 0 radical (unpaired) electrons. The average Bonchev–Trinajstić information content (AvgIpc) is 2.64. The number of carbonyl (C=O) groups excluding carboxylic acids is 3. The molecule has 0 unspecified atom stereocenters. The average molecular weight is 422 g/mol. The molecule has 0 aliphatic rings. The molecular formula is C18H34N2O9. The third-order valence-corrected chi connectivity index (χ3v) is 2.91. The zero-order chi connectivity index (χ0) is 22.0. The van der Waals surface area contributed by atoms with Gasteiger partial charge in [0.2, 0.25) is 5.91 Å². The summed E-state index contributed by atoms with van der Waals surface area (Å²) < 4.78 is 30.2. The van der Waals surface area contributed by atoms with Gasteiger partial charge in [0.25, 0.3) is 0 Å². The highest BCUT2D eigenvalue weighted by molar-refractivity contribution is 5.77. The van der Waals surface area contributed by atoms with Crippen molar-refractivity contribution in [2.45, 2.75) is 26.4 Å². The number of amides is 2. The van der Waals surface area contributed by atoms with Crippen LogP contribution in [0.25, 0.3) is 0 Å². The molecule has 29 heavy (non-hydrogen) atoms. The Hall–Kier alpha value is -1.95. The summed E-state index contributed by atoms with van der Waals surface area (Å²) >= 11 is 0. The molecule has 0 aliphatic heterocycles. The summed E-state index contributed by atoms with van der Waals surface area (Å²) in [7, 11) is 1.29. The summed E-state index contributed by atoms with van der Waals surface area (Å²) in [6, 6.07) is 0. The fraction of sp³-hybridized carbons (Fsp3) is 0.833. The van der Waals surface area contributed by atoms with Gasteiger partial charge in [0.05, 0.1) is 46.8 Å². The second kappa shape index (κ2) is 17.0. The molecule has 170 valence electrons. The number of hydrogen-bond donors (Lipinski definition) is 2. The van der Waals surface area contributed by atoms with E-state index in [1.807, 2.05) is 0 Å². The topological polar surface area (TPSA) is 131 Å². The monoisotopic (exact) mass is 422 g/mol. The predicted octanol–water partition coefficient (Wildman–Crippen LogP) is -0.133. The van der Waals surface area contributed by atoms with Gasteiger partial charge in [-0.2, -0.15) is 0 Å². The first kappa shape index (κ1) is 27.0. The number of esters is 1. The highest BCUT2D eigenvalue weighted by Gasteiger charge is 2.15. The van der Waals surface area contributed by atoms with E-state index in [9.17, 15) is 14.4 Å². The van der Waals surface area contributed by atoms with Crippen LogP contribution in [0.15, 0.2) is 0 Å². The number of alkyl carbamates (subject to hydrolysis) is 1. The fourth-order valence-corrected chi connectivity index (χ4v) is 1.67. The van der Waals surface area contributed by atoms with E-state index in [0.717, 1.165) is 0 Å². The summed E-state index contributed by atoms with van der Waals surface area (Å²) in [5.74, 6) is -0.706. The van der Waals surface area contributed by atoms with Gasteiger partial charge in [-0.15, -0.1) is 0 Å². The summed E-state index contributed by atoms with van der Waals surface area (Å²) in [6.07, 6.45) is -0.494. The number of rotatable bonds is 16. The lowest BCUT2D eigenvalue weighted by molar-refractivity contribution is -0.146. The molecule has 2 N–H and O–H groups in total. The maximum absolute atomic E-state index is 11.5. The van der Waals surface area contributed by atoms with Crippen molar-refractivity contribution in [3.05, 3.63) is 0 Å². The van der Waals surface area contributed by atoms with Gasteiger partial charge in [-0.1, -0.05) is 0 Å². The number of methoxy groups -OCH3 is 1. The maximum Gasteiger partial charge on any atom is 0.407 e. The Bertz CT molecular complexity index is 467. The Morgan fingerprint density at radius 1 is 0.724 bits per heavy atom. The SMILES string of the molecule is COC(=O)COCCOCCNC(=O)COCCOCCNC(=O)OC(C)(C)C. The largest absolute Gasteiger partial charge is 0.467 e. The van der Waals surface area contributed by atoms with Crippen molar-refractivity contribution >= 4 is 18.0 Å². The number of nitrogens with one attached hydrogen (secondary N) is 2. The van der Waals surface area contributed by atoms with Crippen molar-refractivity contribution < 1.29 is 42.8 Å². The lowest BCUT2D eigenvalue weighted by Crippen LogP contribution is -2.34. The number of carbonyl (C=O) groups is 3. The Morgan fingerprint density at radius 2 is 1.24 bits per heavy atom. The standard InChI is InChI=1S/C18H34N2O9/c1-18(2,3)29-17(23)20-6-8-26-9-11-27-13-15(21)19-5-7-25-10-12-28-14-16(22)24-4/h5-14H2,1-4H3,(H,19,21)(H,20,23).